The fourth-order valence-electron chi connectivity index (χ4n) is 3.62. The third kappa shape index (κ3) is 5.07. The number of methoxy groups -OCH3 is 1. The van der Waals surface area contributed by atoms with Crippen LogP contribution in [0.1, 0.15) is 25.2 Å². The van der Waals surface area contributed by atoms with Crippen LogP contribution in [-0.2, 0) is 11.2 Å². The summed E-state index contributed by atoms with van der Waals surface area (Å²) < 4.78 is 10.7. The fraction of sp³-hybridized carbons (Fsp3) is 0.550. The molecule has 1 amide bonds. The number of aryl methyl sites for hydroxylation is 1. The number of piperidine rings is 1. The van der Waals surface area contributed by atoms with Gasteiger partial charge in [-0.1, -0.05) is 17.3 Å². The van der Waals surface area contributed by atoms with Gasteiger partial charge in [0, 0.05) is 32.5 Å². The summed E-state index contributed by atoms with van der Waals surface area (Å²) in [6.45, 7) is 2.71. The largest absolute Gasteiger partial charge is 0.496 e. The van der Waals surface area contributed by atoms with Crippen molar-refractivity contribution in [2.24, 2.45) is 5.92 Å². The van der Waals surface area contributed by atoms with Crippen LogP contribution in [0.5, 0.6) is 5.75 Å². The number of hydrogen-bond acceptors (Lipinski definition) is 6. The quantitative estimate of drug-likeness (QED) is 0.744. The Morgan fingerprint density at radius 3 is 2.96 bits per heavy atom. The van der Waals surface area contributed by atoms with Crippen LogP contribution in [0.4, 0.5) is 0 Å². The summed E-state index contributed by atoms with van der Waals surface area (Å²) >= 11 is 0. The molecular weight excluding hydrogens is 344 g/mol. The maximum atomic E-state index is 12.6. The molecule has 2 heterocycles. The van der Waals surface area contributed by atoms with Crippen molar-refractivity contribution in [2.75, 3.05) is 40.8 Å². The number of para-hydroxylation sites is 1. The van der Waals surface area contributed by atoms with Crippen molar-refractivity contribution in [3.05, 3.63) is 30.2 Å². The van der Waals surface area contributed by atoms with E-state index in [1.54, 1.807) is 7.11 Å². The molecular formula is C20H28N4O3. The molecule has 1 aliphatic heterocycles. The van der Waals surface area contributed by atoms with Crippen molar-refractivity contribution in [3.63, 3.8) is 0 Å². The van der Waals surface area contributed by atoms with Crippen molar-refractivity contribution in [2.45, 2.75) is 25.7 Å². The highest BCUT2D eigenvalue weighted by atomic mass is 16.5. The Labute approximate surface area is 160 Å². The predicted octanol–water partition coefficient (Wildman–Crippen LogP) is 2.48. The molecule has 27 heavy (non-hydrogen) atoms. The zero-order valence-corrected chi connectivity index (χ0v) is 16.4. The van der Waals surface area contributed by atoms with Gasteiger partial charge >= 0.3 is 0 Å². The summed E-state index contributed by atoms with van der Waals surface area (Å²) in [5.74, 6) is 2.37. The first-order valence-electron chi connectivity index (χ1n) is 9.45. The normalized spacial score (nSPS) is 17.3. The Bertz CT molecular complexity index is 759. The van der Waals surface area contributed by atoms with Gasteiger partial charge in [-0.2, -0.15) is 4.98 Å². The van der Waals surface area contributed by atoms with Crippen molar-refractivity contribution >= 4 is 5.91 Å². The average molecular weight is 372 g/mol. The Hall–Kier alpha value is -2.41. The number of amides is 1. The Balaban J connectivity index is 1.56. The van der Waals surface area contributed by atoms with Gasteiger partial charge in [-0.05, 0) is 45.0 Å². The summed E-state index contributed by atoms with van der Waals surface area (Å²) in [5, 5.41) is 4.03. The van der Waals surface area contributed by atoms with E-state index in [0.29, 0.717) is 36.2 Å². The first-order valence-corrected chi connectivity index (χ1v) is 9.45. The summed E-state index contributed by atoms with van der Waals surface area (Å²) in [6, 6.07) is 7.54. The molecule has 1 aromatic heterocycles. The smallest absolute Gasteiger partial charge is 0.227 e. The molecule has 1 aliphatic rings. The molecule has 146 valence electrons. The van der Waals surface area contributed by atoms with E-state index in [2.05, 4.69) is 29.1 Å². The average Bonchev–Trinajstić information content (AvgIpc) is 3.14. The molecule has 1 atom stereocenters. The number of nitrogens with zero attached hydrogens (tertiary/aromatic N) is 4. The van der Waals surface area contributed by atoms with E-state index < -0.39 is 0 Å². The van der Waals surface area contributed by atoms with Gasteiger partial charge in [-0.3, -0.25) is 4.79 Å². The lowest BCUT2D eigenvalue weighted by molar-refractivity contribution is -0.133. The van der Waals surface area contributed by atoms with E-state index in [4.69, 9.17) is 9.26 Å². The molecule has 7 heteroatoms. The molecule has 2 aromatic rings. The molecule has 0 saturated carbocycles. The van der Waals surface area contributed by atoms with Crippen molar-refractivity contribution in [1.82, 2.24) is 19.9 Å². The molecule has 0 N–H and O–H groups in total. The van der Waals surface area contributed by atoms with Gasteiger partial charge in [0.05, 0.1) is 12.7 Å². The van der Waals surface area contributed by atoms with Gasteiger partial charge < -0.3 is 19.1 Å². The number of ether oxygens (including phenoxy) is 1. The number of likely N-dealkylation sites (tertiary alicyclic amines) is 1. The Kier molecular flexibility index (Phi) is 6.45. The van der Waals surface area contributed by atoms with Gasteiger partial charge in [0.25, 0.3) is 0 Å². The van der Waals surface area contributed by atoms with Gasteiger partial charge in [0.15, 0.2) is 0 Å². The highest BCUT2D eigenvalue weighted by Gasteiger charge is 2.24. The third-order valence-electron chi connectivity index (χ3n) is 4.86. The lowest BCUT2D eigenvalue weighted by Gasteiger charge is -2.34. The maximum absolute atomic E-state index is 12.6. The standard InChI is InChI=1S/C20H28N4O3/c1-23(2)13-15-7-6-12-24(14-15)19(25)11-10-18-21-20(22-27-18)16-8-4-5-9-17(16)26-3/h4-5,8-9,15H,6-7,10-14H2,1-3H3/t15-/m0/s1. The monoisotopic (exact) mass is 372 g/mol. The van der Waals surface area contributed by atoms with Crippen LogP contribution >= 0.6 is 0 Å². The Morgan fingerprint density at radius 1 is 1.37 bits per heavy atom. The molecule has 0 aliphatic carbocycles. The number of benzene rings is 1. The number of carbonyl (C=O) groups is 1. The highest BCUT2D eigenvalue weighted by molar-refractivity contribution is 5.76. The summed E-state index contributed by atoms with van der Waals surface area (Å²) in [5.41, 5.74) is 0.781. The number of hydrogen-bond donors (Lipinski definition) is 0. The van der Waals surface area contributed by atoms with Crippen LogP contribution in [-0.4, -0.2) is 66.7 Å². The number of carbonyl (C=O) groups excluding carboxylic acids is 1. The topological polar surface area (TPSA) is 71.7 Å². The minimum Gasteiger partial charge on any atom is -0.496 e. The van der Waals surface area contributed by atoms with E-state index in [-0.39, 0.29) is 5.91 Å². The van der Waals surface area contributed by atoms with Gasteiger partial charge in [0.2, 0.25) is 17.6 Å². The summed E-state index contributed by atoms with van der Waals surface area (Å²) in [6.07, 6.45) is 3.11. The number of aromatic nitrogens is 2. The predicted molar refractivity (Wildman–Crippen MR) is 102 cm³/mol. The van der Waals surface area contributed by atoms with Crippen LogP contribution in [0.15, 0.2) is 28.8 Å². The number of rotatable bonds is 7. The summed E-state index contributed by atoms with van der Waals surface area (Å²) in [7, 11) is 5.77. The van der Waals surface area contributed by atoms with Crippen LogP contribution < -0.4 is 4.74 Å². The van der Waals surface area contributed by atoms with Crippen molar-refractivity contribution in [1.29, 1.82) is 0 Å². The lowest BCUT2D eigenvalue weighted by Crippen LogP contribution is -2.42. The van der Waals surface area contributed by atoms with Crippen LogP contribution in [0.25, 0.3) is 11.4 Å². The third-order valence-corrected chi connectivity index (χ3v) is 4.86. The van der Waals surface area contributed by atoms with E-state index >= 15 is 0 Å². The van der Waals surface area contributed by atoms with E-state index in [9.17, 15) is 4.79 Å². The zero-order chi connectivity index (χ0) is 19.2. The first kappa shape index (κ1) is 19.4. The molecule has 7 nitrogen and oxygen atoms in total. The van der Waals surface area contributed by atoms with Crippen molar-refractivity contribution < 1.29 is 14.1 Å². The first-order chi connectivity index (χ1) is 13.1. The Morgan fingerprint density at radius 2 is 2.19 bits per heavy atom. The van der Waals surface area contributed by atoms with Crippen LogP contribution in [0, 0.1) is 5.92 Å². The molecule has 0 bridgehead atoms. The highest BCUT2D eigenvalue weighted by Crippen LogP contribution is 2.27. The van der Waals surface area contributed by atoms with Gasteiger partial charge in [0.1, 0.15) is 5.75 Å². The minimum atomic E-state index is 0.162. The molecule has 1 saturated heterocycles. The maximum Gasteiger partial charge on any atom is 0.227 e. The molecule has 3 rings (SSSR count). The molecule has 0 radical (unpaired) electrons. The van der Waals surface area contributed by atoms with Crippen LogP contribution in [0.3, 0.4) is 0 Å². The minimum absolute atomic E-state index is 0.162. The zero-order valence-electron chi connectivity index (χ0n) is 16.4. The second kappa shape index (κ2) is 8.99. The molecule has 0 spiro atoms. The van der Waals surface area contributed by atoms with E-state index in [1.807, 2.05) is 29.2 Å². The molecule has 0 unspecified atom stereocenters. The van der Waals surface area contributed by atoms with E-state index in [0.717, 1.165) is 31.6 Å². The second-order valence-corrected chi connectivity index (χ2v) is 7.32. The van der Waals surface area contributed by atoms with Gasteiger partial charge in [-0.15, -0.1) is 0 Å². The molecule has 1 fully saturated rings. The lowest BCUT2D eigenvalue weighted by atomic mass is 9.97. The summed E-state index contributed by atoms with van der Waals surface area (Å²) in [4.78, 5) is 21.2. The van der Waals surface area contributed by atoms with Gasteiger partial charge in [-0.25, -0.2) is 0 Å². The SMILES string of the molecule is COc1ccccc1-c1noc(CCC(=O)N2CCC[C@@H](CN(C)C)C2)n1. The fourth-order valence-corrected chi connectivity index (χ4v) is 3.62. The van der Waals surface area contributed by atoms with Crippen molar-refractivity contribution in [3.8, 4) is 17.1 Å². The molecule has 1 aromatic carbocycles. The van der Waals surface area contributed by atoms with E-state index in [1.165, 1.54) is 6.42 Å². The van der Waals surface area contributed by atoms with Crippen LogP contribution in [0.2, 0.25) is 0 Å². The second-order valence-electron chi connectivity index (χ2n) is 7.32.